The summed E-state index contributed by atoms with van der Waals surface area (Å²) in [6, 6.07) is 5.57. The van der Waals surface area contributed by atoms with Crippen LogP contribution in [0.1, 0.15) is 18.4 Å². The highest BCUT2D eigenvalue weighted by Crippen LogP contribution is 2.30. The van der Waals surface area contributed by atoms with E-state index in [1.54, 1.807) is 23.9 Å². The monoisotopic (exact) mass is 404 g/mol. The minimum absolute atomic E-state index is 0.00475. The Kier molecular flexibility index (Phi) is 5.49. The Labute approximate surface area is 168 Å². The van der Waals surface area contributed by atoms with Gasteiger partial charge in [0.2, 0.25) is 0 Å². The van der Waals surface area contributed by atoms with Crippen LogP contribution in [0.2, 0.25) is 0 Å². The van der Waals surface area contributed by atoms with Crippen molar-refractivity contribution in [3.63, 3.8) is 0 Å². The van der Waals surface area contributed by atoms with Gasteiger partial charge in [-0.3, -0.25) is 9.69 Å². The van der Waals surface area contributed by atoms with E-state index < -0.39 is 5.92 Å². The first-order valence-electron chi connectivity index (χ1n) is 9.97. The first-order valence-corrected chi connectivity index (χ1v) is 9.97. The number of piperidine rings is 1. The summed E-state index contributed by atoms with van der Waals surface area (Å²) >= 11 is 0. The predicted molar refractivity (Wildman–Crippen MR) is 108 cm³/mol. The van der Waals surface area contributed by atoms with Gasteiger partial charge in [-0.1, -0.05) is 0 Å². The summed E-state index contributed by atoms with van der Waals surface area (Å²) in [7, 11) is 1.75. The molecule has 0 amide bonds. The van der Waals surface area contributed by atoms with Crippen molar-refractivity contribution in [2.75, 3.05) is 49.1 Å². The molecule has 0 unspecified atom stereocenters. The van der Waals surface area contributed by atoms with Gasteiger partial charge in [0, 0.05) is 84.0 Å². The second kappa shape index (κ2) is 8.06. The van der Waals surface area contributed by atoms with Crippen LogP contribution in [-0.2, 0) is 13.6 Å². The number of hydrogen-bond acceptors (Lipinski definition) is 6. The Hall–Kier alpha value is -2.55. The zero-order valence-electron chi connectivity index (χ0n) is 16.6. The molecule has 4 heterocycles. The van der Waals surface area contributed by atoms with Gasteiger partial charge in [0.1, 0.15) is 18.0 Å². The zero-order chi connectivity index (χ0) is 20.4. The van der Waals surface area contributed by atoms with Crippen LogP contribution in [0, 0.1) is 0 Å². The molecule has 29 heavy (non-hydrogen) atoms. The smallest absolute Gasteiger partial charge is 0.251 e. The van der Waals surface area contributed by atoms with Crippen LogP contribution in [0.4, 0.5) is 20.4 Å². The number of piperazine rings is 1. The minimum Gasteiger partial charge on any atom is -0.356 e. The van der Waals surface area contributed by atoms with E-state index in [0.29, 0.717) is 18.9 Å². The van der Waals surface area contributed by atoms with E-state index in [0.717, 1.165) is 44.1 Å². The Morgan fingerprint density at radius 1 is 0.966 bits per heavy atom. The maximum Gasteiger partial charge on any atom is 0.251 e. The number of pyridine rings is 1. The third-order valence-corrected chi connectivity index (χ3v) is 5.73. The van der Waals surface area contributed by atoms with Gasteiger partial charge in [0.15, 0.2) is 0 Å². The van der Waals surface area contributed by atoms with Crippen LogP contribution in [0.5, 0.6) is 0 Å². The molecule has 2 saturated heterocycles. The van der Waals surface area contributed by atoms with Gasteiger partial charge in [-0.2, -0.15) is 0 Å². The average Bonchev–Trinajstić information content (AvgIpc) is 2.71. The summed E-state index contributed by atoms with van der Waals surface area (Å²) in [6.45, 7) is 4.75. The van der Waals surface area contributed by atoms with Gasteiger partial charge in [-0.25, -0.2) is 18.7 Å². The molecule has 2 fully saturated rings. The molecule has 0 aromatic carbocycles. The lowest BCUT2D eigenvalue weighted by atomic mass is 10.1. The SMILES string of the molecule is Cn1ccc(CN2CCN(c3cc(N4CCC(F)(F)CC4)ncn3)CC2)cc1=O. The molecule has 0 atom stereocenters. The van der Waals surface area contributed by atoms with E-state index in [1.807, 2.05) is 17.0 Å². The Balaban J connectivity index is 1.35. The molecule has 2 aliphatic rings. The fourth-order valence-corrected chi connectivity index (χ4v) is 3.83. The van der Waals surface area contributed by atoms with Gasteiger partial charge in [-0.05, 0) is 11.6 Å². The third-order valence-electron chi connectivity index (χ3n) is 5.73. The molecule has 2 aromatic rings. The molecule has 0 saturated carbocycles. The van der Waals surface area contributed by atoms with Crippen molar-refractivity contribution < 1.29 is 8.78 Å². The summed E-state index contributed by atoms with van der Waals surface area (Å²) in [4.78, 5) is 26.9. The highest BCUT2D eigenvalue weighted by atomic mass is 19.3. The number of alkyl halides is 2. The van der Waals surface area contributed by atoms with Crippen molar-refractivity contribution in [3.8, 4) is 0 Å². The van der Waals surface area contributed by atoms with Gasteiger partial charge in [0.05, 0.1) is 0 Å². The van der Waals surface area contributed by atoms with Crippen LogP contribution < -0.4 is 15.4 Å². The number of rotatable bonds is 4. The van der Waals surface area contributed by atoms with Crippen molar-refractivity contribution >= 4 is 11.6 Å². The average molecular weight is 404 g/mol. The van der Waals surface area contributed by atoms with Gasteiger partial charge >= 0.3 is 0 Å². The molecule has 2 aliphatic heterocycles. The quantitative estimate of drug-likeness (QED) is 0.774. The normalized spacial score (nSPS) is 20.1. The standard InChI is InChI=1S/C20H26F2N6O/c1-25-5-2-16(12-19(25)29)14-26-8-10-28(11-9-26)18-13-17(23-15-24-18)27-6-3-20(21,22)4-7-27/h2,5,12-13,15H,3-4,6-11,14H2,1H3. The van der Waals surface area contributed by atoms with E-state index in [2.05, 4.69) is 19.8 Å². The molecule has 0 bridgehead atoms. The number of hydrogen-bond donors (Lipinski definition) is 0. The zero-order valence-corrected chi connectivity index (χ0v) is 16.6. The lowest BCUT2D eigenvalue weighted by Gasteiger charge is -2.36. The summed E-state index contributed by atoms with van der Waals surface area (Å²) in [5.74, 6) is -1.01. The van der Waals surface area contributed by atoms with Crippen molar-refractivity contribution in [2.45, 2.75) is 25.3 Å². The van der Waals surface area contributed by atoms with Crippen LogP contribution in [-0.4, -0.2) is 64.6 Å². The lowest BCUT2D eigenvalue weighted by Crippen LogP contribution is -2.46. The second-order valence-corrected chi connectivity index (χ2v) is 7.82. The first kappa shape index (κ1) is 19.8. The lowest BCUT2D eigenvalue weighted by molar-refractivity contribution is -0.0221. The van der Waals surface area contributed by atoms with Crippen LogP contribution in [0.3, 0.4) is 0 Å². The minimum atomic E-state index is -2.56. The Bertz CT molecular complexity index is 900. The Morgan fingerprint density at radius 3 is 2.21 bits per heavy atom. The van der Waals surface area contributed by atoms with E-state index in [9.17, 15) is 13.6 Å². The number of halogens is 2. The maximum absolute atomic E-state index is 13.4. The second-order valence-electron chi connectivity index (χ2n) is 7.82. The molecule has 0 radical (unpaired) electrons. The third kappa shape index (κ3) is 4.72. The number of aromatic nitrogens is 3. The van der Waals surface area contributed by atoms with E-state index in [1.165, 1.54) is 6.33 Å². The van der Waals surface area contributed by atoms with Gasteiger partial charge in [0.25, 0.3) is 11.5 Å². The molecule has 0 spiro atoms. The molecule has 156 valence electrons. The van der Waals surface area contributed by atoms with Crippen molar-refractivity contribution in [3.05, 3.63) is 46.6 Å². The summed E-state index contributed by atoms with van der Waals surface area (Å²) in [5.41, 5.74) is 1.03. The van der Waals surface area contributed by atoms with Crippen molar-refractivity contribution in [1.29, 1.82) is 0 Å². The number of anilines is 2. The van der Waals surface area contributed by atoms with Crippen LogP contribution in [0.15, 0.2) is 35.5 Å². The highest BCUT2D eigenvalue weighted by molar-refractivity contribution is 5.50. The number of aryl methyl sites for hydroxylation is 1. The molecule has 0 N–H and O–H groups in total. The van der Waals surface area contributed by atoms with Crippen molar-refractivity contribution in [1.82, 2.24) is 19.4 Å². The van der Waals surface area contributed by atoms with E-state index >= 15 is 0 Å². The Morgan fingerprint density at radius 2 is 1.59 bits per heavy atom. The van der Waals surface area contributed by atoms with E-state index in [4.69, 9.17) is 0 Å². The topological polar surface area (TPSA) is 57.5 Å². The fraction of sp³-hybridized carbons (Fsp3) is 0.550. The summed E-state index contributed by atoms with van der Waals surface area (Å²) in [6.07, 6.45) is 3.05. The molecule has 7 nitrogen and oxygen atoms in total. The molecule has 0 aliphatic carbocycles. The molecule has 2 aromatic heterocycles. The van der Waals surface area contributed by atoms with Gasteiger partial charge < -0.3 is 14.4 Å². The summed E-state index contributed by atoms with van der Waals surface area (Å²) in [5, 5.41) is 0. The maximum atomic E-state index is 13.4. The summed E-state index contributed by atoms with van der Waals surface area (Å²) < 4.78 is 28.4. The molecule has 9 heteroatoms. The van der Waals surface area contributed by atoms with Crippen LogP contribution >= 0.6 is 0 Å². The predicted octanol–water partition coefficient (Wildman–Crippen LogP) is 1.73. The van der Waals surface area contributed by atoms with Gasteiger partial charge in [-0.15, -0.1) is 0 Å². The fourth-order valence-electron chi connectivity index (χ4n) is 3.83. The molecular weight excluding hydrogens is 378 g/mol. The van der Waals surface area contributed by atoms with E-state index in [-0.39, 0.29) is 18.4 Å². The molecule has 4 rings (SSSR count). The largest absolute Gasteiger partial charge is 0.356 e. The van der Waals surface area contributed by atoms with Crippen molar-refractivity contribution in [2.24, 2.45) is 7.05 Å². The van der Waals surface area contributed by atoms with Crippen LogP contribution in [0.25, 0.3) is 0 Å². The first-order chi connectivity index (χ1) is 13.9. The number of nitrogens with zero attached hydrogens (tertiary/aromatic N) is 6. The highest BCUT2D eigenvalue weighted by Gasteiger charge is 2.34. The molecular formula is C20H26F2N6O.